The average Bonchev–Trinajstić information content (AvgIpc) is 0.902. The Balaban J connectivity index is 5.23. The fourth-order valence-electron chi connectivity index (χ4n) is 13.7. The quantitative estimate of drug-likeness (QED) is 0.0222. The molecule has 636 valence electrons. The van der Waals surface area contributed by atoms with Crippen LogP contribution in [-0.2, 0) is 65.4 Å². The van der Waals surface area contributed by atoms with Crippen molar-refractivity contribution in [3.05, 3.63) is 0 Å². The summed E-state index contributed by atoms with van der Waals surface area (Å²) in [7, 11) is -9.93. The first-order valence-corrected chi connectivity index (χ1v) is 48.2. The summed E-state index contributed by atoms with van der Waals surface area (Å²) in [5.41, 5.74) is 0. The van der Waals surface area contributed by atoms with Crippen LogP contribution >= 0.6 is 15.6 Å². The number of ether oxygens (including phenoxy) is 4. The number of phosphoric acid groups is 2. The van der Waals surface area contributed by atoms with E-state index in [2.05, 4.69) is 55.4 Å². The van der Waals surface area contributed by atoms with Crippen LogP contribution in [0.2, 0.25) is 0 Å². The molecule has 0 aromatic carbocycles. The normalized spacial score (nSPS) is 13.9. The SMILES string of the molecule is CC(C)CCCCCCCCCCCCCCCCCCCCC(=O)OC[C@H](COP(=O)(O)OC[C@@H](O)COP(=O)(O)OC[C@@H](COC(=O)CCCCCCCCCCC(C)C)OC(=O)CCCCCCCCCCCCCC(C)C)OC(=O)CCCCCCCCCCCCCCCCCCCCC(C)C. The zero-order valence-corrected chi connectivity index (χ0v) is 72.6. The molecule has 0 amide bonds. The fourth-order valence-corrected chi connectivity index (χ4v) is 15.3. The van der Waals surface area contributed by atoms with Crippen molar-refractivity contribution in [3.63, 3.8) is 0 Å². The minimum absolute atomic E-state index is 0.106. The van der Waals surface area contributed by atoms with Crippen molar-refractivity contribution in [2.45, 2.75) is 478 Å². The second kappa shape index (κ2) is 76.7. The van der Waals surface area contributed by atoms with Crippen LogP contribution in [0.3, 0.4) is 0 Å². The molecule has 2 unspecified atom stereocenters. The summed E-state index contributed by atoms with van der Waals surface area (Å²) >= 11 is 0. The van der Waals surface area contributed by atoms with Gasteiger partial charge in [0.2, 0.25) is 0 Å². The molecule has 0 saturated carbocycles. The molecule has 17 nitrogen and oxygen atoms in total. The number of aliphatic hydroxyl groups excluding tert-OH is 1. The van der Waals surface area contributed by atoms with E-state index in [9.17, 15) is 43.2 Å². The standard InChI is InChI=1S/C88H172O17P2/c1-78(2)64-56-48-40-32-26-21-17-13-9-11-15-19-23-29-35-44-52-60-68-85(90)98-74-83(104-87(92)70-62-54-46-36-30-24-20-16-12-10-14-18-22-27-33-41-49-57-65-79(3)4)76-102-106(94,95)100-72-82(89)73-101-107(96,97)103-77-84(75-99-86(91)69-61-53-45-39-38-43-51-59-67-81(7)8)105-88(93)71-63-55-47-37-31-25-28-34-42-50-58-66-80(5)6/h78-84,89H,9-77H2,1-8H3,(H,94,95)(H,96,97)/t82-,83-,84-/m1/s1. The molecule has 0 saturated heterocycles. The van der Waals surface area contributed by atoms with Gasteiger partial charge in [-0.1, -0.05) is 409 Å². The van der Waals surface area contributed by atoms with Crippen molar-refractivity contribution in [3.8, 4) is 0 Å². The number of esters is 4. The number of carbonyl (C=O) groups excluding carboxylic acids is 4. The molecule has 0 bridgehead atoms. The number of hydrogen-bond acceptors (Lipinski definition) is 15. The number of phosphoric ester groups is 2. The van der Waals surface area contributed by atoms with Gasteiger partial charge in [-0.25, -0.2) is 9.13 Å². The van der Waals surface area contributed by atoms with E-state index in [1.807, 2.05) is 0 Å². The lowest BCUT2D eigenvalue weighted by molar-refractivity contribution is -0.161. The van der Waals surface area contributed by atoms with Gasteiger partial charge in [-0.05, 0) is 49.4 Å². The second-order valence-electron chi connectivity index (χ2n) is 33.5. The third-order valence-electron chi connectivity index (χ3n) is 20.6. The minimum Gasteiger partial charge on any atom is -0.462 e. The van der Waals surface area contributed by atoms with Crippen LogP contribution in [0.25, 0.3) is 0 Å². The fraction of sp³-hybridized carbons (Fsp3) is 0.955. The minimum atomic E-state index is -4.97. The van der Waals surface area contributed by atoms with Crippen molar-refractivity contribution in [2.75, 3.05) is 39.6 Å². The van der Waals surface area contributed by atoms with Crippen molar-refractivity contribution in [1.29, 1.82) is 0 Å². The lowest BCUT2D eigenvalue weighted by Gasteiger charge is -2.21. The lowest BCUT2D eigenvalue weighted by Crippen LogP contribution is -2.30. The Morgan fingerprint density at radius 1 is 0.234 bits per heavy atom. The Hall–Kier alpha value is -1.94. The Morgan fingerprint density at radius 3 is 0.579 bits per heavy atom. The first-order valence-electron chi connectivity index (χ1n) is 45.2. The number of rotatable bonds is 85. The summed E-state index contributed by atoms with van der Waals surface area (Å²) in [6, 6.07) is 0. The topological polar surface area (TPSA) is 237 Å². The number of unbranched alkanes of at least 4 members (excludes halogenated alkanes) is 51. The highest BCUT2D eigenvalue weighted by Gasteiger charge is 2.31. The van der Waals surface area contributed by atoms with Gasteiger partial charge in [-0.3, -0.25) is 37.3 Å². The van der Waals surface area contributed by atoms with E-state index in [0.717, 1.165) is 114 Å². The van der Waals surface area contributed by atoms with Gasteiger partial charge in [-0.15, -0.1) is 0 Å². The average molecular weight is 1560 g/mol. The molecule has 0 fully saturated rings. The van der Waals surface area contributed by atoms with E-state index < -0.39 is 97.5 Å². The molecular weight excluding hydrogens is 1390 g/mol. The summed E-state index contributed by atoms with van der Waals surface area (Å²) < 4.78 is 68.9. The second-order valence-corrected chi connectivity index (χ2v) is 36.4. The molecule has 0 aliphatic heterocycles. The Kier molecular flexibility index (Phi) is 75.3. The maximum Gasteiger partial charge on any atom is 0.472 e. The Labute approximate surface area is 658 Å². The first kappa shape index (κ1) is 105. The van der Waals surface area contributed by atoms with Crippen LogP contribution in [0.4, 0.5) is 0 Å². The van der Waals surface area contributed by atoms with Gasteiger partial charge in [0.15, 0.2) is 12.2 Å². The molecule has 5 atom stereocenters. The van der Waals surface area contributed by atoms with E-state index >= 15 is 0 Å². The third kappa shape index (κ3) is 81.9. The van der Waals surface area contributed by atoms with E-state index in [-0.39, 0.29) is 25.7 Å². The summed E-state index contributed by atoms with van der Waals surface area (Å²) in [5.74, 6) is 1.03. The molecule has 0 rings (SSSR count). The maximum absolute atomic E-state index is 13.2. The highest BCUT2D eigenvalue weighted by molar-refractivity contribution is 7.47. The molecule has 0 aromatic heterocycles. The molecular formula is C88H172O17P2. The van der Waals surface area contributed by atoms with Crippen molar-refractivity contribution in [1.82, 2.24) is 0 Å². The van der Waals surface area contributed by atoms with Gasteiger partial charge in [0.25, 0.3) is 0 Å². The molecule has 0 aliphatic carbocycles. The molecule has 0 spiro atoms. The zero-order chi connectivity index (χ0) is 78.8. The molecule has 0 heterocycles. The van der Waals surface area contributed by atoms with Gasteiger partial charge in [-0.2, -0.15) is 0 Å². The number of hydrogen-bond donors (Lipinski definition) is 3. The summed E-state index contributed by atoms with van der Waals surface area (Å²) in [6.45, 7) is 14.3. The molecule has 19 heteroatoms. The highest BCUT2D eigenvalue weighted by atomic mass is 31.2. The van der Waals surface area contributed by atoms with Crippen LogP contribution < -0.4 is 0 Å². The Bertz CT molecular complexity index is 2080. The largest absolute Gasteiger partial charge is 0.472 e. The summed E-state index contributed by atoms with van der Waals surface area (Å²) in [5, 5.41) is 10.7. The van der Waals surface area contributed by atoms with Crippen LogP contribution in [0, 0.1) is 23.7 Å². The number of carbonyl (C=O) groups is 4. The van der Waals surface area contributed by atoms with E-state index in [0.29, 0.717) is 25.7 Å². The number of aliphatic hydroxyl groups is 1. The highest BCUT2D eigenvalue weighted by Crippen LogP contribution is 2.45. The van der Waals surface area contributed by atoms with Gasteiger partial charge >= 0.3 is 39.5 Å². The smallest absolute Gasteiger partial charge is 0.462 e. The maximum atomic E-state index is 13.2. The molecule has 0 radical (unpaired) electrons. The van der Waals surface area contributed by atoms with Gasteiger partial charge < -0.3 is 33.8 Å². The first-order chi connectivity index (χ1) is 51.6. The lowest BCUT2D eigenvalue weighted by atomic mass is 10.0. The predicted molar refractivity (Wildman–Crippen MR) is 441 cm³/mol. The van der Waals surface area contributed by atoms with Gasteiger partial charge in [0.1, 0.15) is 19.3 Å². The van der Waals surface area contributed by atoms with E-state index in [1.165, 1.54) is 263 Å². The van der Waals surface area contributed by atoms with Crippen LogP contribution in [0.15, 0.2) is 0 Å². The van der Waals surface area contributed by atoms with Gasteiger partial charge in [0, 0.05) is 25.7 Å². The van der Waals surface area contributed by atoms with Gasteiger partial charge in [0.05, 0.1) is 26.4 Å². The summed E-state index contributed by atoms with van der Waals surface area (Å²) in [6.07, 6.45) is 66.8. The van der Waals surface area contributed by atoms with Crippen molar-refractivity contribution >= 4 is 39.5 Å². The van der Waals surface area contributed by atoms with Crippen LogP contribution in [0.1, 0.15) is 460 Å². The predicted octanol–water partition coefficient (Wildman–Crippen LogP) is 26.7. The Morgan fingerprint density at radius 2 is 0.393 bits per heavy atom. The van der Waals surface area contributed by atoms with Crippen molar-refractivity contribution in [2.24, 2.45) is 23.7 Å². The molecule has 0 aromatic rings. The molecule has 107 heavy (non-hydrogen) atoms. The molecule has 0 aliphatic rings. The van der Waals surface area contributed by atoms with Crippen LogP contribution in [0.5, 0.6) is 0 Å². The van der Waals surface area contributed by atoms with E-state index in [1.54, 1.807) is 0 Å². The summed E-state index contributed by atoms with van der Waals surface area (Å²) in [4.78, 5) is 73.3. The van der Waals surface area contributed by atoms with Crippen LogP contribution in [-0.4, -0.2) is 96.7 Å². The zero-order valence-electron chi connectivity index (χ0n) is 70.8. The molecule has 3 N–H and O–H groups in total. The van der Waals surface area contributed by atoms with E-state index in [4.69, 9.17) is 37.0 Å². The monoisotopic (exact) mass is 1560 g/mol. The third-order valence-corrected chi connectivity index (χ3v) is 22.5. The van der Waals surface area contributed by atoms with Crippen molar-refractivity contribution < 1.29 is 80.2 Å².